The van der Waals surface area contributed by atoms with Crippen LogP contribution in [0.2, 0.25) is 4.34 Å². The first kappa shape index (κ1) is 14.4. The molecule has 0 radical (unpaired) electrons. The minimum Gasteiger partial charge on any atom is -0.369 e. The van der Waals surface area contributed by atoms with E-state index in [0.29, 0.717) is 13.0 Å². The summed E-state index contributed by atoms with van der Waals surface area (Å²) in [5.74, 6) is -3.04. The first-order chi connectivity index (χ1) is 9.90. The zero-order valence-corrected chi connectivity index (χ0v) is 13.4. The highest BCUT2D eigenvalue weighted by molar-refractivity contribution is 7.16. The molecule has 6 heteroatoms. The van der Waals surface area contributed by atoms with E-state index in [4.69, 9.17) is 16.3 Å². The average Bonchev–Trinajstić information content (AvgIpc) is 2.85. The smallest absolute Gasteiger partial charge is 0.253 e. The summed E-state index contributed by atoms with van der Waals surface area (Å²) in [4.78, 5) is 1.17. The lowest BCUT2D eigenvalue weighted by Crippen LogP contribution is -2.54. The maximum absolute atomic E-state index is 13.5. The van der Waals surface area contributed by atoms with Crippen LogP contribution in [0.4, 0.5) is 8.78 Å². The van der Waals surface area contributed by atoms with Gasteiger partial charge in [-0.2, -0.15) is 0 Å². The second-order valence-electron chi connectivity index (χ2n) is 6.65. The van der Waals surface area contributed by atoms with Crippen LogP contribution in [0.3, 0.4) is 0 Å². The summed E-state index contributed by atoms with van der Waals surface area (Å²) in [5, 5.41) is 3.35. The van der Waals surface area contributed by atoms with Crippen LogP contribution in [0.1, 0.15) is 36.6 Å². The van der Waals surface area contributed by atoms with E-state index in [-0.39, 0.29) is 18.5 Å². The molecule has 4 unspecified atom stereocenters. The summed E-state index contributed by atoms with van der Waals surface area (Å²) < 4.78 is 33.9. The molecule has 1 aliphatic carbocycles. The standard InChI is InChI=1S/C15H18ClF2NOS/c1-8-5-14(7-11(19-8)10-6-15(10,17)18)13-9(2-3-20-14)4-12(16)21-13/h4,8,10-11,19H,2-3,5-7H2,1H3. The number of halogens is 3. The Labute approximate surface area is 131 Å². The third-order valence-electron chi connectivity index (χ3n) is 4.99. The summed E-state index contributed by atoms with van der Waals surface area (Å²) in [5.41, 5.74) is 0.825. The van der Waals surface area contributed by atoms with Gasteiger partial charge < -0.3 is 10.1 Å². The molecule has 0 aromatic carbocycles. The highest BCUT2D eigenvalue weighted by Gasteiger charge is 2.62. The molecule has 0 amide bonds. The minimum atomic E-state index is -2.50. The van der Waals surface area contributed by atoms with Gasteiger partial charge in [0.2, 0.25) is 0 Å². The topological polar surface area (TPSA) is 21.3 Å². The Kier molecular flexibility index (Phi) is 3.17. The maximum atomic E-state index is 13.5. The molecule has 2 aliphatic heterocycles. The highest BCUT2D eigenvalue weighted by atomic mass is 35.5. The van der Waals surface area contributed by atoms with Gasteiger partial charge in [-0.25, -0.2) is 8.78 Å². The molecule has 4 atom stereocenters. The van der Waals surface area contributed by atoms with E-state index >= 15 is 0 Å². The zero-order chi connectivity index (χ0) is 14.8. The van der Waals surface area contributed by atoms with Gasteiger partial charge in [-0.1, -0.05) is 11.6 Å². The van der Waals surface area contributed by atoms with E-state index in [2.05, 4.69) is 12.2 Å². The molecule has 2 fully saturated rings. The predicted molar refractivity (Wildman–Crippen MR) is 79.3 cm³/mol. The molecular formula is C15H18ClF2NOS. The van der Waals surface area contributed by atoms with Crippen molar-refractivity contribution in [2.75, 3.05) is 6.61 Å². The van der Waals surface area contributed by atoms with Gasteiger partial charge in [0.05, 0.1) is 10.9 Å². The van der Waals surface area contributed by atoms with Crippen molar-refractivity contribution >= 4 is 22.9 Å². The van der Waals surface area contributed by atoms with Gasteiger partial charge in [0.15, 0.2) is 0 Å². The normalized spacial score (nSPS) is 41.0. The van der Waals surface area contributed by atoms with Crippen molar-refractivity contribution in [1.29, 1.82) is 0 Å². The van der Waals surface area contributed by atoms with Crippen molar-refractivity contribution < 1.29 is 13.5 Å². The number of rotatable bonds is 1. The fourth-order valence-corrected chi connectivity index (χ4v) is 5.50. The van der Waals surface area contributed by atoms with Crippen LogP contribution in [0.15, 0.2) is 6.07 Å². The average molecular weight is 334 g/mol. The van der Waals surface area contributed by atoms with Crippen LogP contribution in [0.5, 0.6) is 0 Å². The van der Waals surface area contributed by atoms with Crippen LogP contribution in [-0.2, 0) is 16.8 Å². The second kappa shape index (κ2) is 4.63. The molecule has 1 aromatic rings. The van der Waals surface area contributed by atoms with Crippen LogP contribution in [0, 0.1) is 5.92 Å². The number of thiophene rings is 1. The first-order valence-electron chi connectivity index (χ1n) is 7.46. The fourth-order valence-electron chi connectivity index (χ4n) is 4.04. The van der Waals surface area contributed by atoms with Crippen molar-refractivity contribution in [3.8, 4) is 0 Å². The fraction of sp³-hybridized carbons (Fsp3) is 0.733. The van der Waals surface area contributed by atoms with Gasteiger partial charge in [-0.15, -0.1) is 11.3 Å². The maximum Gasteiger partial charge on any atom is 0.253 e. The van der Waals surface area contributed by atoms with E-state index in [1.165, 1.54) is 10.4 Å². The molecular weight excluding hydrogens is 316 g/mol. The third-order valence-corrected chi connectivity index (χ3v) is 6.48. The van der Waals surface area contributed by atoms with Crippen molar-refractivity contribution in [2.45, 2.75) is 56.2 Å². The molecule has 1 aromatic heterocycles. The van der Waals surface area contributed by atoms with Gasteiger partial charge in [0.1, 0.15) is 5.60 Å². The minimum absolute atomic E-state index is 0.00548. The lowest BCUT2D eigenvalue weighted by molar-refractivity contribution is -0.0995. The van der Waals surface area contributed by atoms with Crippen molar-refractivity contribution in [1.82, 2.24) is 5.32 Å². The highest BCUT2D eigenvalue weighted by Crippen LogP contribution is 2.56. The number of nitrogens with one attached hydrogen (secondary N) is 1. The number of ether oxygens (including phenoxy) is 1. The Balaban J connectivity index is 1.67. The Morgan fingerprint density at radius 1 is 1.38 bits per heavy atom. The zero-order valence-electron chi connectivity index (χ0n) is 11.8. The predicted octanol–water partition coefficient (Wildman–Crippen LogP) is 3.97. The summed E-state index contributed by atoms with van der Waals surface area (Å²) in [6.45, 7) is 2.71. The molecule has 21 heavy (non-hydrogen) atoms. The Morgan fingerprint density at radius 2 is 2.14 bits per heavy atom. The number of fused-ring (bicyclic) bond motifs is 2. The summed E-state index contributed by atoms with van der Waals surface area (Å²) in [7, 11) is 0. The van der Waals surface area contributed by atoms with Gasteiger partial charge in [0.25, 0.3) is 5.92 Å². The molecule has 3 aliphatic rings. The molecule has 1 spiro atoms. The Bertz CT molecular complexity index is 578. The lowest BCUT2D eigenvalue weighted by Gasteiger charge is -2.46. The Morgan fingerprint density at radius 3 is 2.86 bits per heavy atom. The van der Waals surface area contributed by atoms with Gasteiger partial charge in [0, 0.05) is 29.3 Å². The van der Waals surface area contributed by atoms with Gasteiger partial charge in [-0.05, 0) is 37.8 Å². The summed E-state index contributed by atoms with van der Waals surface area (Å²) in [6.07, 6.45) is 2.32. The van der Waals surface area contributed by atoms with E-state index < -0.39 is 17.4 Å². The molecule has 116 valence electrons. The quantitative estimate of drug-likeness (QED) is 0.839. The summed E-state index contributed by atoms with van der Waals surface area (Å²) >= 11 is 7.73. The second-order valence-corrected chi connectivity index (χ2v) is 8.34. The van der Waals surface area contributed by atoms with Gasteiger partial charge >= 0.3 is 0 Å². The van der Waals surface area contributed by atoms with E-state index in [1.54, 1.807) is 11.3 Å². The van der Waals surface area contributed by atoms with Crippen molar-refractivity contribution in [3.63, 3.8) is 0 Å². The molecule has 2 nitrogen and oxygen atoms in total. The van der Waals surface area contributed by atoms with Crippen molar-refractivity contribution in [2.24, 2.45) is 5.92 Å². The SMILES string of the molecule is CC1CC2(CC(C3CC3(F)F)N1)OCCc1cc(Cl)sc12. The lowest BCUT2D eigenvalue weighted by atomic mass is 9.78. The van der Waals surface area contributed by atoms with Crippen LogP contribution in [-0.4, -0.2) is 24.6 Å². The monoisotopic (exact) mass is 333 g/mol. The molecule has 1 N–H and O–H groups in total. The molecule has 1 saturated heterocycles. The third kappa shape index (κ3) is 2.33. The molecule has 1 saturated carbocycles. The van der Waals surface area contributed by atoms with Crippen LogP contribution >= 0.6 is 22.9 Å². The number of hydrogen-bond donors (Lipinski definition) is 1. The van der Waals surface area contributed by atoms with Gasteiger partial charge in [-0.3, -0.25) is 0 Å². The van der Waals surface area contributed by atoms with Crippen LogP contribution in [0.25, 0.3) is 0 Å². The first-order valence-corrected chi connectivity index (χ1v) is 8.66. The molecule has 3 heterocycles. The Hall–Kier alpha value is -0.230. The number of piperidine rings is 1. The molecule has 4 rings (SSSR count). The van der Waals surface area contributed by atoms with Crippen LogP contribution < -0.4 is 5.32 Å². The summed E-state index contributed by atoms with van der Waals surface area (Å²) in [6, 6.07) is 2.02. The number of hydrogen-bond acceptors (Lipinski definition) is 3. The van der Waals surface area contributed by atoms with E-state index in [9.17, 15) is 8.78 Å². The van der Waals surface area contributed by atoms with E-state index in [1.807, 2.05) is 6.07 Å². The van der Waals surface area contributed by atoms with E-state index in [0.717, 1.165) is 17.2 Å². The largest absolute Gasteiger partial charge is 0.369 e. The molecule has 0 bridgehead atoms. The van der Waals surface area contributed by atoms with Crippen molar-refractivity contribution in [3.05, 3.63) is 20.8 Å². The number of alkyl halides is 2.